The van der Waals surface area contributed by atoms with Crippen molar-refractivity contribution in [2.24, 2.45) is 0 Å². The van der Waals surface area contributed by atoms with Crippen LogP contribution in [0.15, 0.2) is 24.3 Å². The molecule has 0 aliphatic heterocycles. The van der Waals surface area contributed by atoms with Gasteiger partial charge in [-0.25, -0.2) is 9.97 Å². The van der Waals surface area contributed by atoms with Crippen molar-refractivity contribution in [3.8, 4) is 11.1 Å². The molecule has 2 nitrogen and oxygen atoms in total. The molecule has 1 aromatic carbocycles. The molecular formula is C16H19FN2. The molecule has 0 saturated heterocycles. The van der Waals surface area contributed by atoms with Gasteiger partial charge in [-0.1, -0.05) is 50.6 Å². The fourth-order valence-electron chi connectivity index (χ4n) is 2.14. The number of aryl methyl sites for hydroxylation is 2. The molecule has 19 heavy (non-hydrogen) atoms. The predicted molar refractivity (Wildman–Crippen MR) is 75.6 cm³/mol. The maximum absolute atomic E-state index is 14.3. The third-order valence-corrected chi connectivity index (χ3v) is 2.99. The van der Waals surface area contributed by atoms with E-state index in [9.17, 15) is 4.39 Å². The second kappa shape index (κ2) is 4.72. The van der Waals surface area contributed by atoms with E-state index in [0.29, 0.717) is 11.4 Å². The molecule has 0 bridgehead atoms. The van der Waals surface area contributed by atoms with Gasteiger partial charge in [-0.05, 0) is 19.4 Å². The first kappa shape index (κ1) is 13.7. The van der Waals surface area contributed by atoms with Crippen LogP contribution in [0.25, 0.3) is 11.1 Å². The molecule has 0 atom stereocenters. The predicted octanol–water partition coefficient (Wildman–Crippen LogP) is 4.20. The lowest BCUT2D eigenvalue weighted by Gasteiger charge is -2.22. The summed E-state index contributed by atoms with van der Waals surface area (Å²) in [5.74, 6) is 0.0295. The minimum absolute atomic E-state index is 0.229. The van der Waals surface area contributed by atoms with Gasteiger partial charge in [0, 0.05) is 5.41 Å². The Balaban J connectivity index is 2.75. The van der Waals surface area contributed by atoms with E-state index in [0.717, 1.165) is 16.8 Å². The zero-order valence-electron chi connectivity index (χ0n) is 12.1. The molecule has 0 unspecified atom stereocenters. The van der Waals surface area contributed by atoms with Gasteiger partial charge in [0.15, 0.2) is 0 Å². The Morgan fingerprint density at radius 3 is 2.32 bits per heavy atom. The molecule has 0 amide bonds. The van der Waals surface area contributed by atoms with Crippen LogP contribution in [0.5, 0.6) is 0 Å². The van der Waals surface area contributed by atoms with Crippen LogP contribution in [0, 0.1) is 19.8 Å². The van der Waals surface area contributed by atoms with E-state index < -0.39 is 5.95 Å². The van der Waals surface area contributed by atoms with Gasteiger partial charge in [0.2, 0.25) is 5.95 Å². The second-order valence-electron chi connectivity index (χ2n) is 5.90. The highest BCUT2D eigenvalue weighted by molar-refractivity contribution is 5.67. The largest absolute Gasteiger partial charge is 0.237 e. The summed E-state index contributed by atoms with van der Waals surface area (Å²) in [5.41, 5.74) is 2.97. The zero-order chi connectivity index (χ0) is 14.2. The summed E-state index contributed by atoms with van der Waals surface area (Å²) in [4.78, 5) is 8.34. The van der Waals surface area contributed by atoms with Crippen molar-refractivity contribution in [2.45, 2.75) is 40.0 Å². The van der Waals surface area contributed by atoms with Crippen LogP contribution in [0.1, 0.15) is 37.9 Å². The van der Waals surface area contributed by atoms with Crippen molar-refractivity contribution in [3.05, 3.63) is 47.3 Å². The van der Waals surface area contributed by atoms with Crippen molar-refractivity contribution >= 4 is 0 Å². The van der Waals surface area contributed by atoms with Crippen LogP contribution in [-0.2, 0) is 5.41 Å². The molecule has 100 valence electrons. The number of halogens is 1. The average Bonchev–Trinajstić information content (AvgIpc) is 2.26. The van der Waals surface area contributed by atoms with Crippen LogP contribution in [0.4, 0.5) is 4.39 Å². The van der Waals surface area contributed by atoms with Crippen molar-refractivity contribution in [3.63, 3.8) is 0 Å². The van der Waals surface area contributed by atoms with E-state index in [1.54, 1.807) is 6.92 Å². The Kier molecular flexibility index (Phi) is 3.40. The van der Waals surface area contributed by atoms with Gasteiger partial charge >= 0.3 is 0 Å². The molecule has 0 radical (unpaired) electrons. The fourth-order valence-corrected chi connectivity index (χ4v) is 2.14. The van der Waals surface area contributed by atoms with E-state index in [1.807, 2.05) is 52.0 Å². The molecule has 3 heteroatoms. The zero-order valence-corrected chi connectivity index (χ0v) is 12.1. The quantitative estimate of drug-likeness (QED) is 0.716. The lowest BCUT2D eigenvalue weighted by molar-refractivity contribution is 0.531. The Labute approximate surface area is 113 Å². The van der Waals surface area contributed by atoms with Crippen LogP contribution >= 0.6 is 0 Å². The normalized spacial score (nSPS) is 11.7. The smallest absolute Gasteiger partial charge is 0.224 e. The number of aromatic nitrogens is 2. The van der Waals surface area contributed by atoms with Crippen molar-refractivity contribution in [1.82, 2.24) is 9.97 Å². The summed E-state index contributed by atoms with van der Waals surface area (Å²) < 4.78 is 14.3. The first-order chi connectivity index (χ1) is 8.79. The van der Waals surface area contributed by atoms with Crippen LogP contribution in [-0.4, -0.2) is 9.97 Å². The first-order valence-corrected chi connectivity index (χ1v) is 6.40. The molecule has 0 aliphatic carbocycles. The van der Waals surface area contributed by atoms with E-state index in [4.69, 9.17) is 0 Å². The van der Waals surface area contributed by atoms with Crippen molar-refractivity contribution < 1.29 is 4.39 Å². The Hall–Kier alpha value is -1.77. The number of rotatable bonds is 1. The summed E-state index contributed by atoms with van der Waals surface area (Å²) >= 11 is 0. The van der Waals surface area contributed by atoms with Crippen molar-refractivity contribution in [1.29, 1.82) is 0 Å². The number of hydrogen-bond acceptors (Lipinski definition) is 2. The molecule has 2 aromatic rings. The highest BCUT2D eigenvalue weighted by atomic mass is 19.1. The standard InChI is InChI=1S/C16H19FN2/c1-10-7-6-8-12(9-10)13-14(16(3,4)5)18-11(2)19-15(13)17/h6-9H,1-5H3. The molecule has 1 aromatic heterocycles. The topological polar surface area (TPSA) is 25.8 Å². The summed E-state index contributed by atoms with van der Waals surface area (Å²) in [6.45, 7) is 9.82. The second-order valence-corrected chi connectivity index (χ2v) is 5.90. The monoisotopic (exact) mass is 258 g/mol. The summed E-state index contributed by atoms with van der Waals surface area (Å²) in [7, 11) is 0. The Bertz CT molecular complexity index is 613. The highest BCUT2D eigenvalue weighted by Gasteiger charge is 2.24. The minimum atomic E-state index is -0.442. The molecular weight excluding hydrogens is 239 g/mol. The highest BCUT2D eigenvalue weighted by Crippen LogP contribution is 2.33. The molecule has 1 heterocycles. The molecule has 0 aliphatic rings. The number of benzene rings is 1. The summed E-state index contributed by atoms with van der Waals surface area (Å²) in [6.07, 6.45) is 0. The maximum atomic E-state index is 14.3. The van der Waals surface area contributed by atoms with E-state index in [1.165, 1.54) is 0 Å². The van der Waals surface area contributed by atoms with Crippen LogP contribution in [0.2, 0.25) is 0 Å². The van der Waals surface area contributed by atoms with Gasteiger partial charge in [-0.2, -0.15) is 4.39 Å². The summed E-state index contributed by atoms with van der Waals surface area (Å²) in [5, 5.41) is 0. The Morgan fingerprint density at radius 2 is 1.74 bits per heavy atom. The van der Waals surface area contributed by atoms with Gasteiger partial charge in [0.1, 0.15) is 5.82 Å². The fraction of sp³-hybridized carbons (Fsp3) is 0.375. The molecule has 0 saturated carbocycles. The molecule has 2 rings (SSSR count). The number of hydrogen-bond donors (Lipinski definition) is 0. The van der Waals surface area contributed by atoms with E-state index >= 15 is 0 Å². The van der Waals surface area contributed by atoms with Gasteiger partial charge in [-0.15, -0.1) is 0 Å². The molecule has 0 N–H and O–H groups in total. The third kappa shape index (κ3) is 2.80. The SMILES string of the molecule is Cc1cccc(-c2c(F)nc(C)nc2C(C)(C)C)c1. The minimum Gasteiger partial charge on any atom is -0.237 e. The van der Waals surface area contributed by atoms with Gasteiger partial charge < -0.3 is 0 Å². The maximum Gasteiger partial charge on any atom is 0.224 e. The average molecular weight is 258 g/mol. The van der Waals surface area contributed by atoms with Crippen LogP contribution < -0.4 is 0 Å². The van der Waals surface area contributed by atoms with E-state index in [-0.39, 0.29) is 5.41 Å². The lowest BCUT2D eigenvalue weighted by Crippen LogP contribution is -2.18. The van der Waals surface area contributed by atoms with Gasteiger partial charge in [-0.3, -0.25) is 0 Å². The first-order valence-electron chi connectivity index (χ1n) is 6.40. The Morgan fingerprint density at radius 1 is 1.05 bits per heavy atom. The molecule has 0 fully saturated rings. The van der Waals surface area contributed by atoms with Crippen LogP contribution in [0.3, 0.4) is 0 Å². The van der Waals surface area contributed by atoms with Gasteiger partial charge in [0.25, 0.3) is 0 Å². The molecule has 0 spiro atoms. The summed E-state index contributed by atoms with van der Waals surface area (Å²) in [6, 6.07) is 7.79. The number of nitrogens with zero attached hydrogens (tertiary/aromatic N) is 2. The van der Waals surface area contributed by atoms with E-state index in [2.05, 4.69) is 9.97 Å². The van der Waals surface area contributed by atoms with Crippen molar-refractivity contribution in [2.75, 3.05) is 0 Å². The lowest BCUT2D eigenvalue weighted by atomic mass is 9.86. The third-order valence-electron chi connectivity index (χ3n) is 2.99. The van der Waals surface area contributed by atoms with Gasteiger partial charge in [0.05, 0.1) is 11.3 Å².